The van der Waals surface area contributed by atoms with Crippen molar-refractivity contribution in [2.45, 2.75) is 33.2 Å². The van der Waals surface area contributed by atoms with Gasteiger partial charge >= 0.3 is 5.97 Å². The fourth-order valence-electron chi connectivity index (χ4n) is 3.57. The molecule has 134 valence electrons. The van der Waals surface area contributed by atoms with Gasteiger partial charge in [0.2, 0.25) is 0 Å². The lowest BCUT2D eigenvalue weighted by Crippen LogP contribution is -2.33. The largest absolute Gasteiger partial charge is 0.465 e. The van der Waals surface area contributed by atoms with Crippen molar-refractivity contribution in [1.29, 1.82) is 0 Å². The number of nitrogens with zero attached hydrogens (tertiary/aromatic N) is 1. The minimum absolute atomic E-state index is 0.359. The molecule has 3 rings (SSSR count). The third-order valence-electron chi connectivity index (χ3n) is 4.85. The van der Waals surface area contributed by atoms with Gasteiger partial charge in [-0.25, -0.2) is 4.79 Å². The van der Waals surface area contributed by atoms with Crippen molar-refractivity contribution < 1.29 is 9.53 Å². The summed E-state index contributed by atoms with van der Waals surface area (Å²) in [6.07, 6.45) is 2.52. The van der Waals surface area contributed by atoms with Gasteiger partial charge in [-0.2, -0.15) is 0 Å². The van der Waals surface area contributed by atoms with E-state index in [9.17, 15) is 4.79 Å². The van der Waals surface area contributed by atoms with Crippen molar-refractivity contribution in [3.63, 3.8) is 0 Å². The van der Waals surface area contributed by atoms with Crippen molar-refractivity contribution in [1.82, 2.24) is 4.90 Å². The Bertz CT molecular complexity index is 752. The van der Waals surface area contributed by atoms with Crippen LogP contribution in [0.4, 0.5) is 5.00 Å². The molecule has 1 fully saturated rings. The van der Waals surface area contributed by atoms with E-state index in [1.807, 2.05) is 0 Å². The molecule has 1 aromatic heterocycles. The van der Waals surface area contributed by atoms with Crippen molar-refractivity contribution in [2.75, 3.05) is 25.9 Å². The molecule has 1 aliphatic rings. The van der Waals surface area contributed by atoms with Crippen molar-refractivity contribution >= 4 is 22.3 Å². The number of carbonyl (C=O) groups is 1. The molecule has 2 N–H and O–H groups in total. The molecule has 1 unspecified atom stereocenters. The second-order valence-corrected chi connectivity index (χ2v) is 8.12. The highest BCUT2D eigenvalue weighted by Crippen LogP contribution is 2.40. The lowest BCUT2D eigenvalue weighted by Gasteiger charge is -2.30. The molecule has 0 radical (unpaired) electrons. The lowest BCUT2D eigenvalue weighted by molar-refractivity contribution is 0.0603. The molecule has 0 aliphatic carbocycles. The number of aryl methyl sites for hydroxylation is 1. The van der Waals surface area contributed by atoms with E-state index >= 15 is 0 Å². The number of piperidine rings is 1. The van der Waals surface area contributed by atoms with Crippen LogP contribution in [-0.2, 0) is 11.3 Å². The van der Waals surface area contributed by atoms with Gasteiger partial charge in [0.1, 0.15) is 10.6 Å². The average molecular weight is 359 g/mol. The van der Waals surface area contributed by atoms with Gasteiger partial charge in [0, 0.05) is 23.5 Å². The number of hydrogen-bond acceptors (Lipinski definition) is 5. The summed E-state index contributed by atoms with van der Waals surface area (Å²) in [5.74, 6) is 0.358. The van der Waals surface area contributed by atoms with Gasteiger partial charge in [-0.05, 0) is 37.8 Å². The van der Waals surface area contributed by atoms with Crippen LogP contribution in [0.15, 0.2) is 24.3 Å². The summed E-state index contributed by atoms with van der Waals surface area (Å²) in [7, 11) is 1.41. The van der Waals surface area contributed by atoms with E-state index in [-0.39, 0.29) is 5.97 Å². The van der Waals surface area contributed by atoms with E-state index in [4.69, 9.17) is 10.5 Å². The molecule has 0 amide bonds. The third-order valence-corrected chi connectivity index (χ3v) is 5.85. The first kappa shape index (κ1) is 18.0. The number of nitrogens with two attached hydrogens (primary N) is 1. The Balaban J connectivity index is 2.02. The molecule has 4 nitrogen and oxygen atoms in total. The van der Waals surface area contributed by atoms with Gasteiger partial charge in [0.15, 0.2) is 0 Å². The first-order chi connectivity index (χ1) is 12.0. The molecule has 0 bridgehead atoms. The predicted octanol–water partition coefficient (Wildman–Crippen LogP) is 4.32. The van der Waals surface area contributed by atoms with Crippen LogP contribution < -0.4 is 5.73 Å². The second-order valence-electron chi connectivity index (χ2n) is 6.98. The van der Waals surface area contributed by atoms with Gasteiger partial charge in [-0.3, -0.25) is 4.90 Å². The fourth-order valence-corrected chi connectivity index (χ4v) is 4.69. The van der Waals surface area contributed by atoms with E-state index in [0.29, 0.717) is 16.5 Å². The van der Waals surface area contributed by atoms with Gasteiger partial charge in [0.25, 0.3) is 0 Å². The monoisotopic (exact) mass is 358 g/mol. The van der Waals surface area contributed by atoms with E-state index in [1.54, 1.807) is 0 Å². The van der Waals surface area contributed by atoms with Gasteiger partial charge < -0.3 is 10.5 Å². The number of likely N-dealkylation sites (tertiary alicyclic amines) is 1. The highest BCUT2D eigenvalue weighted by atomic mass is 32.1. The highest BCUT2D eigenvalue weighted by Gasteiger charge is 2.26. The number of esters is 1. The van der Waals surface area contributed by atoms with E-state index in [1.165, 1.54) is 36.9 Å². The summed E-state index contributed by atoms with van der Waals surface area (Å²) in [5.41, 5.74) is 9.89. The number of hydrogen-bond donors (Lipinski definition) is 1. The molecule has 1 aliphatic heterocycles. The fraction of sp³-hybridized carbons (Fsp3) is 0.450. The zero-order valence-electron chi connectivity index (χ0n) is 15.2. The molecule has 5 heteroatoms. The minimum atomic E-state index is -0.359. The topological polar surface area (TPSA) is 55.6 Å². The Morgan fingerprint density at radius 3 is 2.72 bits per heavy atom. The summed E-state index contributed by atoms with van der Waals surface area (Å²) in [5, 5.41) is 0.544. The van der Waals surface area contributed by atoms with Gasteiger partial charge in [-0.15, -0.1) is 11.3 Å². The SMILES string of the molecule is COC(=O)c1c(N)sc(CN2CCCC(C)C2)c1-c1ccc(C)cc1. The first-order valence-electron chi connectivity index (χ1n) is 8.78. The number of benzene rings is 1. The van der Waals surface area contributed by atoms with Crippen LogP contribution in [0.2, 0.25) is 0 Å². The quantitative estimate of drug-likeness (QED) is 0.827. The Labute approximate surface area is 153 Å². The molecule has 2 aromatic rings. The van der Waals surface area contributed by atoms with Crippen molar-refractivity contribution in [3.05, 3.63) is 40.3 Å². The molecule has 0 spiro atoms. The lowest BCUT2D eigenvalue weighted by atomic mass is 9.98. The van der Waals surface area contributed by atoms with Gasteiger partial charge in [-0.1, -0.05) is 36.8 Å². The Morgan fingerprint density at radius 2 is 2.08 bits per heavy atom. The first-order valence-corrected chi connectivity index (χ1v) is 9.60. The molecule has 0 saturated carbocycles. The molecular formula is C20H26N2O2S. The van der Waals surface area contributed by atoms with Crippen molar-refractivity contribution in [2.24, 2.45) is 5.92 Å². The van der Waals surface area contributed by atoms with Gasteiger partial charge in [0.05, 0.1) is 7.11 Å². The zero-order chi connectivity index (χ0) is 18.0. The third kappa shape index (κ3) is 3.88. The van der Waals surface area contributed by atoms with Crippen LogP contribution >= 0.6 is 11.3 Å². The number of anilines is 1. The van der Waals surface area contributed by atoms with Crippen molar-refractivity contribution in [3.8, 4) is 11.1 Å². The summed E-state index contributed by atoms with van der Waals surface area (Å²) in [6.45, 7) is 7.39. The van der Waals surface area contributed by atoms with Crippen LogP contribution in [-0.4, -0.2) is 31.1 Å². The number of ether oxygens (including phenoxy) is 1. The smallest absolute Gasteiger partial charge is 0.341 e. The summed E-state index contributed by atoms with van der Waals surface area (Å²) < 4.78 is 5.00. The van der Waals surface area contributed by atoms with Crippen LogP contribution in [0.5, 0.6) is 0 Å². The molecule has 25 heavy (non-hydrogen) atoms. The van der Waals surface area contributed by atoms with Crippen LogP contribution in [0.25, 0.3) is 11.1 Å². The molecule has 1 aromatic carbocycles. The number of thiophene rings is 1. The maximum atomic E-state index is 12.3. The number of rotatable bonds is 4. The maximum Gasteiger partial charge on any atom is 0.341 e. The molecular weight excluding hydrogens is 332 g/mol. The zero-order valence-corrected chi connectivity index (χ0v) is 16.0. The maximum absolute atomic E-state index is 12.3. The number of methoxy groups -OCH3 is 1. The van der Waals surface area contributed by atoms with E-state index < -0.39 is 0 Å². The average Bonchev–Trinajstić information content (AvgIpc) is 2.91. The molecule has 1 saturated heterocycles. The molecule has 1 atom stereocenters. The van der Waals surface area contributed by atoms with Crippen LogP contribution in [0.1, 0.15) is 40.6 Å². The van der Waals surface area contributed by atoms with Crippen LogP contribution in [0, 0.1) is 12.8 Å². The Morgan fingerprint density at radius 1 is 1.36 bits per heavy atom. The van der Waals surface area contributed by atoms with Crippen LogP contribution in [0.3, 0.4) is 0 Å². The number of nitrogen functional groups attached to an aromatic ring is 1. The van der Waals surface area contributed by atoms with E-state index in [0.717, 1.165) is 35.6 Å². The Hall–Kier alpha value is -1.85. The minimum Gasteiger partial charge on any atom is -0.465 e. The highest BCUT2D eigenvalue weighted by molar-refractivity contribution is 7.17. The predicted molar refractivity (Wildman–Crippen MR) is 104 cm³/mol. The van der Waals surface area contributed by atoms with E-state index in [2.05, 4.69) is 43.0 Å². The molecule has 2 heterocycles. The summed E-state index contributed by atoms with van der Waals surface area (Å²) >= 11 is 1.51. The summed E-state index contributed by atoms with van der Waals surface area (Å²) in [6, 6.07) is 8.26. The standard InChI is InChI=1S/C20H26N2O2S/c1-13-6-8-15(9-7-13)17-16(12-22-10-4-5-14(2)11-22)25-19(21)18(17)20(23)24-3/h6-9,14H,4-5,10-12,21H2,1-3H3. The number of carbonyl (C=O) groups excluding carboxylic acids is 1. The summed E-state index contributed by atoms with van der Waals surface area (Å²) in [4.78, 5) is 16.0. The Kier molecular flexibility index (Phi) is 5.45. The second kappa shape index (κ2) is 7.58. The normalized spacial score (nSPS) is 18.3.